The highest BCUT2D eigenvalue weighted by Crippen LogP contribution is 2.27. The van der Waals surface area contributed by atoms with Crippen LogP contribution in [0.2, 0.25) is 0 Å². The fourth-order valence-electron chi connectivity index (χ4n) is 2.24. The Kier molecular flexibility index (Phi) is 6.13. The van der Waals surface area contributed by atoms with Crippen molar-refractivity contribution in [3.05, 3.63) is 67.2 Å². The van der Waals surface area contributed by atoms with Crippen LogP contribution in [-0.4, -0.2) is 6.54 Å². The van der Waals surface area contributed by atoms with E-state index in [1.807, 2.05) is 31.2 Å². The highest BCUT2D eigenvalue weighted by atomic mass is 127. The number of hydrogen-bond acceptors (Lipinski definition) is 1. The van der Waals surface area contributed by atoms with Crippen LogP contribution in [-0.2, 0) is 6.42 Å². The van der Waals surface area contributed by atoms with E-state index in [1.165, 1.54) is 12.1 Å². The van der Waals surface area contributed by atoms with E-state index in [9.17, 15) is 8.78 Å². The SMILES string of the molecule is CCNC(Cc1c(F)ccc(Br)c1F)c1cccc(I)c1. The van der Waals surface area contributed by atoms with Gasteiger partial charge in [-0.2, -0.15) is 0 Å². The van der Waals surface area contributed by atoms with Gasteiger partial charge in [0.15, 0.2) is 0 Å². The van der Waals surface area contributed by atoms with Crippen molar-refractivity contribution in [2.24, 2.45) is 0 Å². The highest BCUT2D eigenvalue weighted by molar-refractivity contribution is 14.1. The molecule has 0 bridgehead atoms. The van der Waals surface area contributed by atoms with Crippen LogP contribution < -0.4 is 5.32 Å². The Hall–Kier alpha value is -0.530. The van der Waals surface area contributed by atoms with Gasteiger partial charge >= 0.3 is 0 Å². The first kappa shape index (κ1) is 16.8. The monoisotopic (exact) mass is 465 g/mol. The zero-order valence-electron chi connectivity index (χ0n) is 11.5. The molecule has 0 radical (unpaired) electrons. The fourth-order valence-corrected chi connectivity index (χ4v) is 3.18. The number of halogens is 4. The van der Waals surface area contributed by atoms with Crippen molar-refractivity contribution in [1.29, 1.82) is 0 Å². The Morgan fingerprint density at radius 1 is 1.24 bits per heavy atom. The zero-order valence-corrected chi connectivity index (χ0v) is 15.2. The van der Waals surface area contributed by atoms with E-state index in [0.717, 1.165) is 15.7 Å². The number of likely N-dealkylation sites (N-methyl/N-ethyl adjacent to an activating group) is 1. The van der Waals surface area contributed by atoms with Gasteiger partial charge in [-0.25, -0.2) is 8.78 Å². The summed E-state index contributed by atoms with van der Waals surface area (Å²) in [7, 11) is 0. The first-order valence-electron chi connectivity index (χ1n) is 6.64. The molecular weight excluding hydrogens is 451 g/mol. The molecule has 0 spiro atoms. The maximum Gasteiger partial charge on any atom is 0.143 e. The molecule has 0 heterocycles. The predicted octanol–water partition coefficient (Wildman–Crippen LogP) is 5.23. The third kappa shape index (κ3) is 4.23. The van der Waals surface area contributed by atoms with E-state index < -0.39 is 11.6 Å². The summed E-state index contributed by atoms with van der Waals surface area (Å²) in [4.78, 5) is 0. The van der Waals surface area contributed by atoms with Gasteiger partial charge in [0.2, 0.25) is 0 Å². The van der Waals surface area contributed by atoms with Crippen LogP contribution in [0.25, 0.3) is 0 Å². The van der Waals surface area contributed by atoms with Gasteiger partial charge in [0, 0.05) is 15.2 Å². The van der Waals surface area contributed by atoms with Crippen LogP contribution in [0.15, 0.2) is 40.9 Å². The quantitative estimate of drug-likeness (QED) is 0.471. The van der Waals surface area contributed by atoms with Crippen LogP contribution in [0.5, 0.6) is 0 Å². The van der Waals surface area contributed by atoms with Crippen molar-refractivity contribution in [3.63, 3.8) is 0 Å². The second-order valence-corrected chi connectivity index (χ2v) is 6.79. The maximum absolute atomic E-state index is 14.1. The van der Waals surface area contributed by atoms with Gasteiger partial charge in [-0.15, -0.1) is 0 Å². The first-order valence-corrected chi connectivity index (χ1v) is 8.51. The van der Waals surface area contributed by atoms with E-state index in [4.69, 9.17) is 0 Å². The fraction of sp³-hybridized carbons (Fsp3) is 0.250. The van der Waals surface area contributed by atoms with Crippen molar-refractivity contribution in [1.82, 2.24) is 5.32 Å². The van der Waals surface area contributed by atoms with E-state index in [0.29, 0.717) is 0 Å². The molecule has 0 saturated carbocycles. The van der Waals surface area contributed by atoms with E-state index in [-0.39, 0.29) is 22.5 Å². The number of benzene rings is 2. The standard InChI is InChI=1S/C16H15BrF2IN/c1-2-21-15(10-4-3-5-11(20)8-10)9-12-14(18)7-6-13(17)16(12)19/h3-8,15,21H,2,9H2,1H3. The van der Waals surface area contributed by atoms with Crippen molar-refractivity contribution in [2.45, 2.75) is 19.4 Å². The third-order valence-corrected chi connectivity index (χ3v) is 4.53. The third-order valence-electron chi connectivity index (χ3n) is 3.25. The number of nitrogens with one attached hydrogen (secondary N) is 1. The molecule has 0 aliphatic heterocycles. The molecule has 1 unspecified atom stereocenters. The first-order chi connectivity index (χ1) is 10.0. The average molecular weight is 466 g/mol. The topological polar surface area (TPSA) is 12.0 Å². The molecule has 21 heavy (non-hydrogen) atoms. The minimum atomic E-state index is -0.525. The van der Waals surface area contributed by atoms with Crippen molar-refractivity contribution >= 4 is 38.5 Å². The van der Waals surface area contributed by atoms with Gasteiger partial charge < -0.3 is 5.32 Å². The van der Waals surface area contributed by atoms with Crippen LogP contribution in [0, 0.1) is 15.2 Å². The summed E-state index contributed by atoms with van der Waals surface area (Å²) in [6.45, 7) is 2.71. The highest BCUT2D eigenvalue weighted by Gasteiger charge is 2.18. The number of hydrogen-bond donors (Lipinski definition) is 1. The Morgan fingerprint density at radius 3 is 2.67 bits per heavy atom. The molecule has 5 heteroatoms. The zero-order chi connectivity index (χ0) is 15.4. The summed E-state index contributed by atoms with van der Waals surface area (Å²) in [5.74, 6) is -1.03. The molecule has 2 rings (SSSR count). The molecule has 0 amide bonds. The Morgan fingerprint density at radius 2 is 2.00 bits per heavy atom. The van der Waals surface area contributed by atoms with Gasteiger partial charge in [-0.1, -0.05) is 19.1 Å². The molecular formula is C16H15BrF2IN. The molecule has 0 fully saturated rings. The average Bonchev–Trinajstić information content (AvgIpc) is 2.46. The van der Waals surface area contributed by atoms with Crippen LogP contribution >= 0.6 is 38.5 Å². The number of rotatable bonds is 5. The molecule has 2 aromatic rings. The van der Waals surface area contributed by atoms with Crippen molar-refractivity contribution < 1.29 is 8.78 Å². The van der Waals surface area contributed by atoms with Gasteiger partial charge in [0.05, 0.1) is 4.47 Å². The van der Waals surface area contributed by atoms with E-state index in [1.54, 1.807) is 0 Å². The lowest BCUT2D eigenvalue weighted by Crippen LogP contribution is -2.24. The van der Waals surface area contributed by atoms with Gasteiger partial charge in [0.25, 0.3) is 0 Å². The lowest BCUT2D eigenvalue weighted by atomic mass is 9.98. The van der Waals surface area contributed by atoms with Crippen LogP contribution in [0.4, 0.5) is 8.78 Å². The lowest BCUT2D eigenvalue weighted by molar-refractivity contribution is 0.497. The Balaban J connectivity index is 2.35. The molecule has 1 atom stereocenters. The normalized spacial score (nSPS) is 12.4. The van der Waals surface area contributed by atoms with Crippen LogP contribution in [0.3, 0.4) is 0 Å². The van der Waals surface area contributed by atoms with Gasteiger partial charge in [0.1, 0.15) is 11.6 Å². The smallest absolute Gasteiger partial charge is 0.143 e. The van der Waals surface area contributed by atoms with Crippen LogP contribution in [0.1, 0.15) is 24.1 Å². The largest absolute Gasteiger partial charge is 0.310 e. The van der Waals surface area contributed by atoms with Crippen molar-refractivity contribution in [2.75, 3.05) is 6.54 Å². The van der Waals surface area contributed by atoms with Gasteiger partial charge in [-0.05, 0) is 81.3 Å². The van der Waals surface area contributed by atoms with Crippen molar-refractivity contribution in [3.8, 4) is 0 Å². The molecule has 0 aliphatic rings. The Bertz CT molecular complexity index is 634. The predicted molar refractivity (Wildman–Crippen MR) is 93.3 cm³/mol. The molecule has 2 aromatic carbocycles. The molecule has 0 aromatic heterocycles. The summed E-state index contributed by atoms with van der Waals surface area (Å²) < 4.78 is 29.5. The summed E-state index contributed by atoms with van der Waals surface area (Å²) in [5, 5.41) is 3.30. The second kappa shape index (κ2) is 7.65. The summed E-state index contributed by atoms with van der Waals surface area (Å²) >= 11 is 5.35. The van der Waals surface area contributed by atoms with E-state index >= 15 is 0 Å². The van der Waals surface area contributed by atoms with E-state index in [2.05, 4.69) is 43.8 Å². The lowest BCUT2D eigenvalue weighted by Gasteiger charge is -2.20. The molecule has 112 valence electrons. The minimum Gasteiger partial charge on any atom is -0.310 e. The summed E-state index contributed by atoms with van der Waals surface area (Å²) in [5.41, 5.74) is 1.14. The summed E-state index contributed by atoms with van der Waals surface area (Å²) in [6.07, 6.45) is 0.269. The maximum atomic E-state index is 14.1. The minimum absolute atomic E-state index is 0.106. The van der Waals surface area contributed by atoms with Gasteiger partial charge in [-0.3, -0.25) is 0 Å². The molecule has 0 aliphatic carbocycles. The molecule has 1 nitrogen and oxygen atoms in total. The summed E-state index contributed by atoms with van der Waals surface area (Å²) in [6, 6.07) is 10.5. The second-order valence-electron chi connectivity index (χ2n) is 4.69. The Labute approximate surface area is 145 Å². The molecule has 1 N–H and O–H groups in total. The molecule has 0 saturated heterocycles.